The minimum atomic E-state index is 0.0717. The lowest BCUT2D eigenvalue weighted by Gasteiger charge is -2.32. The third-order valence-corrected chi connectivity index (χ3v) is 4.90. The van der Waals surface area contributed by atoms with Crippen molar-refractivity contribution in [2.24, 2.45) is 0 Å². The Hall–Kier alpha value is -1.64. The second kappa shape index (κ2) is 7.96. The molecule has 7 nitrogen and oxygen atoms in total. The summed E-state index contributed by atoms with van der Waals surface area (Å²) < 4.78 is 7.18. The monoisotopic (exact) mass is 367 g/mol. The number of aromatic nitrogens is 4. The van der Waals surface area contributed by atoms with Gasteiger partial charge in [-0.3, -0.25) is 4.79 Å². The van der Waals surface area contributed by atoms with Crippen LogP contribution in [0.3, 0.4) is 0 Å². The van der Waals surface area contributed by atoms with Crippen LogP contribution in [0.25, 0.3) is 5.69 Å². The first-order valence-electron chi connectivity index (χ1n) is 7.74. The van der Waals surface area contributed by atoms with E-state index in [4.69, 9.17) is 16.3 Å². The Morgan fingerprint density at radius 2 is 2.38 bits per heavy atom. The van der Waals surface area contributed by atoms with Gasteiger partial charge < -0.3 is 9.64 Å². The molecule has 0 radical (unpaired) electrons. The SMILES string of the molecule is CC[C@H]1CN(C(=O)CSc2nnnn2-c2cccc(Cl)c2)CCO1. The van der Waals surface area contributed by atoms with Gasteiger partial charge in [-0.05, 0) is 35.0 Å². The quantitative estimate of drug-likeness (QED) is 0.753. The van der Waals surface area contributed by atoms with Crippen molar-refractivity contribution in [1.82, 2.24) is 25.1 Å². The zero-order valence-electron chi connectivity index (χ0n) is 13.3. The summed E-state index contributed by atoms with van der Waals surface area (Å²) in [7, 11) is 0. The molecule has 0 aliphatic carbocycles. The van der Waals surface area contributed by atoms with E-state index in [1.54, 1.807) is 16.8 Å². The Morgan fingerprint density at radius 1 is 1.50 bits per heavy atom. The third kappa shape index (κ3) is 4.06. The molecule has 1 aliphatic heterocycles. The zero-order chi connectivity index (χ0) is 16.9. The number of hydrogen-bond donors (Lipinski definition) is 0. The summed E-state index contributed by atoms with van der Waals surface area (Å²) in [6, 6.07) is 7.26. The van der Waals surface area contributed by atoms with Crippen molar-refractivity contribution in [3.8, 4) is 5.69 Å². The predicted molar refractivity (Wildman–Crippen MR) is 91.5 cm³/mol. The van der Waals surface area contributed by atoms with E-state index in [1.165, 1.54) is 11.8 Å². The fourth-order valence-electron chi connectivity index (χ4n) is 2.45. The molecule has 1 aromatic carbocycles. The van der Waals surface area contributed by atoms with Crippen LogP contribution in [0.1, 0.15) is 13.3 Å². The summed E-state index contributed by atoms with van der Waals surface area (Å²) in [4.78, 5) is 14.3. The molecule has 1 saturated heterocycles. The van der Waals surface area contributed by atoms with Gasteiger partial charge >= 0.3 is 0 Å². The first-order chi connectivity index (χ1) is 11.7. The maximum absolute atomic E-state index is 12.4. The van der Waals surface area contributed by atoms with Crippen LogP contribution in [0.5, 0.6) is 0 Å². The Bertz CT molecular complexity index is 711. The molecular formula is C15H18ClN5O2S. The largest absolute Gasteiger partial charge is 0.375 e. The van der Waals surface area contributed by atoms with E-state index < -0.39 is 0 Å². The molecule has 2 aromatic rings. The number of rotatable bonds is 5. The highest BCUT2D eigenvalue weighted by atomic mass is 35.5. The number of amides is 1. The average Bonchev–Trinajstić information content (AvgIpc) is 3.08. The maximum Gasteiger partial charge on any atom is 0.233 e. The van der Waals surface area contributed by atoms with E-state index in [0.29, 0.717) is 29.9 Å². The van der Waals surface area contributed by atoms with Crippen molar-refractivity contribution in [2.75, 3.05) is 25.4 Å². The van der Waals surface area contributed by atoms with Gasteiger partial charge in [-0.2, -0.15) is 4.68 Å². The molecule has 128 valence electrons. The minimum Gasteiger partial charge on any atom is -0.375 e. The number of thioether (sulfide) groups is 1. The topological polar surface area (TPSA) is 73.1 Å². The highest BCUT2D eigenvalue weighted by Crippen LogP contribution is 2.21. The first kappa shape index (κ1) is 17.2. The van der Waals surface area contributed by atoms with Crippen LogP contribution in [0, 0.1) is 0 Å². The molecule has 0 saturated carbocycles. The summed E-state index contributed by atoms with van der Waals surface area (Å²) in [6.07, 6.45) is 1.04. The zero-order valence-corrected chi connectivity index (χ0v) is 14.8. The van der Waals surface area contributed by atoms with Gasteiger partial charge in [0.2, 0.25) is 11.1 Å². The van der Waals surface area contributed by atoms with E-state index in [1.807, 2.05) is 17.0 Å². The lowest BCUT2D eigenvalue weighted by atomic mass is 10.2. The Kier molecular flexibility index (Phi) is 5.70. The highest BCUT2D eigenvalue weighted by molar-refractivity contribution is 7.99. The van der Waals surface area contributed by atoms with Crippen LogP contribution >= 0.6 is 23.4 Å². The van der Waals surface area contributed by atoms with E-state index in [0.717, 1.165) is 12.1 Å². The second-order valence-corrected chi connectivity index (χ2v) is 6.76. The number of tetrazole rings is 1. The fraction of sp³-hybridized carbons (Fsp3) is 0.467. The average molecular weight is 368 g/mol. The maximum atomic E-state index is 12.4. The molecule has 3 rings (SSSR count). The molecule has 0 bridgehead atoms. The standard InChI is InChI=1S/C15H18ClN5O2S/c1-2-13-9-20(6-7-23-13)14(22)10-24-15-17-18-19-21(15)12-5-3-4-11(16)8-12/h3-5,8,13H,2,6-7,9-10H2,1H3/t13-/m0/s1. The van der Waals surface area contributed by atoms with Crippen LogP contribution in [-0.2, 0) is 9.53 Å². The van der Waals surface area contributed by atoms with Crippen molar-refractivity contribution < 1.29 is 9.53 Å². The molecular weight excluding hydrogens is 350 g/mol. The van der Waals surface area contributed by atoms with E-state index in [-0.39, 0.29) is 17.8 Å². The lowest BCUT2D eigenvalue weighted by molar-refractivity contribution is -0.135. The number of hydrogen-bond acceptors (Lipinski definition) is 6. The molecule has 0 N–H and O–H groups in total. The van der Waals surface area contributed by atoms with Crippen LogP contribution in [0.2, 0.25) is 5.02 Å². The molecule has 0 spiro atoms. The molecule has 0 unspecified atom stereocenters. The van der Waals surface area contributed by atoms with E-state index in [9.17, 15) is 4.79 Å². The Balaban J connectivity index is 1.63. The molecule has 2 heterocycles. The number of morpholine rings is 1. The summed E-state index contributed by atoms with van der Waals surface area (Å²) in [5, 5.41) is 12.8. The highest BCUT2D eigenvalue weighted by Gasteiger charge is 2.23. The van der Waals surface area contributed by atoms with Crippen molar-refractivity contribution in [2.45, 2.75) is 24.6 Å². The molecule has 1 aliphatic rings. The van der Waals surface area contributed by atoms with Crippen molar-refractivity contribution in [3.05, 3.63) is 29.3 Å². The van der Waals surface area contributed by atoms with E-state index >= 15 is 0 Å². The van der Waals surface area contributed by atoms with Gasteiger partial charge in [0.15, 0.2) is 0 Å². The summed E-state index contributed by atoms with van der Waals surface area (Å²) in [5.74, 6) is 0.361. The van der Waals surface area contributed by atoms with Crippen LogP contribution in [0.4, 0.5) is 0 Å². The molecule has 1 aromatic heterocycles. The minimum absolute atomic E-state index is 0.0717. The second-order valence-electron chi connectivity index (χ2n) is 5.38. The number of nitrogens with zero attached hydrogens (tertiary/aromatic N) is 5. The van der Waals surface area contributed by atoms with Gasteiger partial charge in [0.25, 0.3) is 0 Å². The van der Waals surface area contributed by atoms with Gasteiger partial charge in [-0.25, -0.2) is 0 Å². The van der Waals surface area contributed by atoms with Crippen molar-refractivity contribution >= 4 is 29.3 Å². The predicted octanol–water partition coefficient (Wildman–Crippen LogP) is 2.05. The number of carbonyl (C=O) groups is 1. The molecule has 1 amide bonds. The molecule has 24 heavy (non-hydrogen) atoms. The van der Waals surface area contributed by atoms with Crippen LogP contribution < -0.4 is 0 Å². The molecule has 9 heteroatoms. The smallest absolute Gasteiger partial charge is 0.233 e. The Morgan fingerprint density at radius 3 is 3.17 bits per heavy atom. The molecule has 1 atom stereocenters. The van der Waals surface area contributed by atoms with Crippen molar-refractivity contribution in [3.63, 3.8) is 0 Å². The van der Waals surface area contributed by atoms with Gasteiger partial charge in [-0.15, -0.1) is 5.10 Å². The summed E-state index contributed by atoms with van der Waals surface area (Å²) in [6.45, 7) is 3.94. The lowest BCUT2D eigenvalue weighted by Crippen LogP contribution is -2.46. The normalized spacial score (nSPS) is 17.9. The van der Waals surface area contributed by atoms with Crippen molar-refractivity contribution in [1.29, 1.82) is 0 Å². The first-order valence-corrected chi connectivity index (χ1v) is 9.10. The summed E-state index contributed by atoms with van der Waals surface area (Å²) >= 11 is 7.33. The number of halogens is 1. The van der Waals surface area contributed by atoms with Gasteiger partial charge in [0.1, 0.15) is 0 Å². The Labute approximate surface area is 149 Å². The molecule has 1 fully saturated rings. The third-order valence-electron chi connectivity index (χ3n) is 3.77. The van der Waals surface area contributed by atoms with Crippen LogP contribution in [0.15, 0.2) is 29.4 Å². The van der Waals surface area contributed by atoms with Gasteiger partial charge in [0, 0.05) is 18.1 Å². The number of carbonyl (C=O) groups excluding carboxylic acids is 1. The van der Waals surface area contributed by atoms with Gasteiger partial charge in [0.05, 0.1) is 24.2 Å². The van der Waals surface area contributed by atoms with Gasteiger partial charge in [-0.1, -0.05) is 36.4 Å². The van der Waals surface area contributed by atoms with E-state index in [2.05, 4.69) is 22.4 Å². The number of ether oxygens (including phenoxy) is 1. The van der Waals surface area contributed by atoms with Crippen LogP contribution in [-0.4, -0.2) is 62.6 Å². The number of benzene rings is 1. The summed E-state index contributed by atoms with van der Waals surface area (Å²) in [5.41, 5.74) is 0.764. The fourth-order valence-corrected chi connectivity index (χ4v) is 3.43.